The molecule has 3 aromatic carbocycles. The van der Waals surface area contributed by atoms with E-state index < -0.39 is 6.04 Å². The number of nitrogens with zero attached hydrogens (tertiary/aromatic N) is 1. The van der Waals surface area contributed by atoms with Crippen LogP contribution in [0.3, 0.4) is 0 Å². The molecule has 0 aromatic heterocycles. The van der Waals surface area contributed by atoms with Gasteiger partial charge < -0.3 is 10.2 Å². The van der Waals surface area contributed by atoms with Crippen molar-refractivity contribution in [2.45, 2.75) is 12.6 Å². The fourth-order valence-electron chi connectivity index (χ4n) is 3.34. The second-order valence-corrected chi connectivity index (χ2v) is 6.84. The Balaban J connectivity index is 1.67. The highest BCUT2D eigenvalue weighted by atomic mass is 35.5. The smallest absolute Gasteiger partial charge is 0.255 e. The highest BCUT2D eigenvalue weighted by Gasteiger charge is 2.37. The number of benzene rings is 3. The van der Waals surface area contributed by atoms with Gasteiger partial charge in [-0.3, -0.25) is 9.59 Å². The van der Waals surface area contributed by atoms with Gasteiger partial charge in [-0.15, -0.1) is 0 Å². The maximum absolute atomic E-state index is 13.1. The molecular formula is C22H17ClN2O2. The lowest BCUT2D eigenvalue weighted by atomic mass is 10.0. The van der Waals surface area contributed by atoms with E-state index >= 15 is 0 Å². The van der Waals surface area contributed by atoms with Crippen LogP contribution in [0, 0.1) is 0 Å². The molecule has 1 aliphatic rings. The molecule has 1 atom stereocenters. The number of amides is 2. The molecular weight excluding hydrogens is 360 g/mol. The summed E-state index contributed by atoms with van der Waals surface area (Å²) in [4.78, 5) is 27.7. The lowest BCUT2D eigenvalue weighted by molar-refractivity contribution is -0.120. The van der Waals surface area contributed by atoms with Crippen LogP contribution >= 0.6 is 11.6 Å². The number of hydrogen-bond acceptors (Lipinski definition) is 2. The lowest BCUT2D eigenvalue weighted by Gasteiger charge is -2.27. The predicted octanol–water partition coefficient (Wildman–Crippen LogP) is 4.68. The molecule has 4 nitrogen and oxygen atoms in total. The van der Waals surface area contributed by atoms with E-state index in [0.29, 0.717) is 22.8 Å². The van der Waals surface area contributed by atoms with Crippen molar-refractivity contribution in [3.8, 4) is 0 Å². The van der Waals surface area contributed by atoms with Gasteiger partial charge in [0.25, 0.3) is 11.8 Å². The van der Waals surface area contributed by atoms with Gasteiger partial charge in [0.2, 0.25) is 0 Å². The zero-order valence-electron chi connectivity index (χ0n) is 14.4. The Kier molecular flexibility index (Phi) is 4.65. The third-order valence-electron chi connectivity index (χ3n) is 4.64. The van der Waals surface area contributed by atoms with Crippen LogP contribution < -0.4 is 5.32 Å². The second kappa shape index (κ2) is 7.25. The maximum atomic E-state index is 13.1. The van der Waals surface area contributed by atoms with Crippen LogP contribution in [-0.2, 0) is 11.3 Å². The van der Waals surface area contributed by atoms with E-state index in [1.54, 1.807) is 35.2 Å². The summed E-state index contributed by atoms with van der Waals surface area (Å²) in [7, 11) is 0. The first kappa shape index (κ1) is 17.3. The number of carbonyl (C=O) groups excluding carboxylic acids is 2. The summed E-state index contributed by atoms with van der Waals surface area (Å²) in [5.74, 6) is -0.393. The van der Waals surface area contributed by atoms with Gasteiger partial charge in [0, 0.05) is 22.8 Å². The maximum Gasteiger partial charge on any atom is 0.255 e. The third-order valence-corrected chi connectivity index (χ3v) is 4.89. The van der Waals surface area contributed by atoms with Gasteiger partial charge >= 0.3 is 0 Å². The minimum Gasteiger partial charge on any atom is -0.324 e. The standard InChI is InChI=1S/C22H17ClN2O2/c23-17-10-12-18(13-11-17)24-21(26)20(15-6-2-1-3-7-15)25-14-16-8-4-5-9-19(16)22(25)27/h1-13,20H,14H2,(H,24,26)/t20-/m0/s1. The van der Waals surface area contributed by atoms with Crippen LogP contribution in [0.2, 0.25) is 5.02 Å². The summed E-state index contributed by atoms with van der Waals surface area (Å²) in [6.07, 6.45) is 0. The van der Waals surface area contributed by atoms with Crippen LogP contribution in [0.25, 0.3) is 0 Å². The minimum atomic E-state index is -0.721. The van der Waals surface area contributed by atoms with Crippen molar-refractivity contribution in [1.29, 1.82) is 0 Å². The summed E-state index contributed by atoms with van der Waals surface area (Å²) >= 11 is 5.92. The Hall–Kier alpha value is -3.11. The number of anilines is 1. The lowest BCUT2D eigenvalue weighted by Crippen LogP contribution is -2.37. The van der Waals surface area contributed by atoms with Gasteiger partial charge in [-0.2, -0.15) is 0 Å². The van der Waals surface area contributed by atoms with E-state index in [-0.39, 0.29) is 11.8 Å². The molecule has 4 rings (SSSR count). The van der Waals surface area contributed by atoms with E-state index in [2.05, 4.69) is 5.32 Å². The van der Waals surface area contributed by atoms with Gasteiger partial charge in [-0.05, 0) is 41.5 Å². The molecule has 0 saturated heterocycles. The molecule has 1 aliphatic heterocycles. The van der Waals surface area contributed by atoms with Crippen molar-refractivity contribution in [2.24, 2.45) is 0 Å². The first-order valence-electron chi connectivity index (χ1n) is 8.64. The van der Waals surface area contributed by atoms with Gasteiger partial charge in [-0.25, -0.2) is 0 Å². The molecule has 27 heavy (non-hydrogen) atoms. The van der Waals surface area contributed by atoms with Gasteiger partial charge in [0.1, 0.15) is 6.04 Å². The van der Waals surface area contributed by atoms with Gasteiger partial charge in [-0.1, -0.05) is 60.1 Å². The molecule has 1 heterocycles. The van der Waals surface area contributed by atoms with Crippen molar-refractivity contribution < 1.29 is 9.59 Å². The van der Waals surface area contributed by atoms with E-state index in [9.17, 15) is 9.59 Å². The zero-order chi connectivity index (χ0) is 18.8. The minimum absolute atomic E-state index is 0.134. The highest BCUT2D eigenvalue weighted by Crippen LogP contribution is 2.32. The van der Waals surface area contributed by atoms with Crippen LogP contribution in [0.15, 0.2) is 78.9 Å². The topological polar surface area (TPSA) is 49.4 Å². The number of fused-ring (bicyclic) bond motifs is 1. The molecule has 1 N–H and O–H groups in total. The van der Waals surface area contributed by atoms with E-state index in [4.69, 9.17) is 11.6 Å². The monoisotopic (exact) mass is 376 g/mol. The Morgan fingerprint density at radius 2 is 1.59 bits per heavy atom. The van der Waals surface area contributed by atoms with Gasteiger partial charge in [0.15, 0.2) is 0 Å². The van der Waals surface area contributed by atoms with Crippen LogP contribution in [0.5, 0.6) is 0 Å². The molecule has 2 amide bonds. The van der Waals surface area contributed by atoms with Crippen molar-refractivity contribution >= 4 is 29.1 Å². The van der Waals surface area contributed by atoms with E-state index in [1.807, 2.05) is 48.5 Å². The fourth-order valence-corrected chi connectivity index (χ4v) is 3.46. The summed E-state index contributed by atoms with van der Waals surface area (Å²) < 4.78 is 0. The number of carbonyl (C=O) groups is 2. The second-order valence-electron chi connectivity index (χ2n) is 6.40. The van der Waals surface area contributed by atoms with Gasteiger partial charge in [0.05, 0.1) is 0 Å². The van der Waals surface area contributed by atoms with Crippen molar-refractivity contribution in [3.63, 3.8) is 0 Å². The summed E-state index contributed by atoms with van der Waals surface area (Å²) in [5.41, 5.74) is 2.99. The quantitative estimate of drug-likeness (QED) is 0.719. The molecule has 0 bridgehead atoms. The number of halogens is 1. The van der Waals surface area contributed by atoms with Crippen LogP contribution in [-0.4, -0.2) is 16.7 Å². The Morgan fingerprint density at radius 1 is 0.926 bits per heavy atom. The predicted molar refractivity (Wildman–Crippen MR) is 106 cm³/mol. The first-order chi connectivity index (χ1) is 13.1. The average molecular weight is 377 g/mol. The molecule has 0 unspecified atom stereocenters. The highest BCUT2D eigenvalue weighted by molar-refractivity contribution is 6.30. The number of nitrogens with one attached hydrogen (secondary N) is 1. The van der Waals surface area contributed by atoms with Crippen LogP contribution in [0.1, 0.15) is 27.5 Å². The zero-order valence-corrected chi connectivity index (χ0v) is 15.2. The average Bonchev–Trinajstić information content (AvgIpc) is 3.01. The SMILES string of the molecule is O=C(Nc1ccc(Cl)cc1)[C@H](c1ccccc1)N1Cc2ccccc2C1=O. The molecule has 3 aromatic rings. The Labute approximate surface area is 162 Å². The Morgan fingerprint density at radius 3 is 2.30 bits per heavy atom. The molecule has 0 saturated carbocycles. The number of rotatable bonds is 4. The van der Waals surface area contributed by atoms with Crippen LogP contribution in [0.4, 0.5) is 5.69 Å². The van der Waals surface area contributed by atoms with E-state index in [1.165, 1.54) is 0 Å². The molecule has 0 aliphatic carbocycles. The molecule has 0 spiro atoms. The van der Waals surface area contributed by atoms with Crippen molar-refractivity contribution in [2.75, 3.05) is 5.32 Å². The first-order valence-corrected chi connectivity index (χ1v) is 9.01. The molecule has 0 radical (unpaired) electrons. The fraction of sp³-hybridized carbons (Fsp3) is 0.0909. The molecule has 134 valence electrons. The largest absolute Gasteiger partial charge is 0.324 e. The Bertz CT molecular complexity index is 987. The summed E-state index contributed by atoms with van der Waals surface area (Å²) in [6.45, 7) is 0.405. The molecule has 0 fully saturated rings. The summed E-state index contributed by atoms with van der Waals surface area (Å²) in [5, 5.41) is 3.50. The number of hydrogen-bond donors (Lipinski definition) is 1. The summed E-state index contributed by atoms with van der Waals surface area (Å²) in [6, 6.07) is 23.0. The normalized spacial score (nSPS) is 14.0. The van der Waals surface area contributed by atoms with Crippen molar-refractivity contribution in [1.82, 2.24) is 4.90 Å². The van der Waals surface area contributed by atoms with E-state index in [0.717, 1.165) is 11.1 Å². The molecule has 5 heteroatoms. The van der Waals surface area contributed by atoms with Crippen molar-refractivity contribution in [3.05, 3.63) is 101 Å². The third kappa shape index (κ3) is 3.44.